The van der Waals surface area contributed by atoms with E-state index in [1.807, 2.05) is 43.0 Å². The highest BCUT2D eigenvalue weighted by Gasteiger charge is 2.48. The summed E-state index contributed by atoms with van der Waals surface area (Å²) in [5.74, 6) is 1.06. The Hall–Kier alpha value is -1.14. The van der Waals surface area contributed by atoms with Crippen molar-refractivity contribution >= 4 is 0 Å². The molecule has 1 aliphatic carbocycles. The Morgan fingerprint density at radius 3 is 2.52 bits per heavy atom. The largest absolute Gasteiger partial charge is 0.490 e. The minimum Gasteiger partial charge on any atom is -0.490 e. The fourth-order valence-corrected chi connectivity index (χ4v) is 4.38. The second-order valence-electron chi connectivity index (χ2n) is 7.81. The third-order valence-electron chi connectivity index (χ3n) is 5.64. The van der Waals surface area contributed by atoms with Crippen molar-refractivity contribution in [3.63, 3.8) is 0 Å². The van der Waals surface area contributed by atoms with Crippen LogP contribution in [0.3, 0.4) is 0 Å². The van der Waals surface area contributed by atoms with Crippen molar-refractivity contribution in [1.29, 1.82) is 0 Å². The highest BCUT2D eigenvalue weighted by atomic mass is 16.5. The molecule has 2 aliphatic rings. The molecule has 1 saturated carbocycles. The number of nitrogens with zero attached hydrogens (tertiary/aromatic N) is 1. The van der Waals surface area contributed by atoms with Gasteiger partial charge in [0.15, 0.2) is 0 Å². The molecular formula is C20H31NO4. The van der Waals surface area contributed by atoms with Gasteiger partial charge in [-0.15, -0.1) is 0 Å². The number of benzene rings is 1. The standard InChI is InChI=1S/C20H31NO4/c1-13(2)18-20(24)19(23)17(12-22)21(18)11-14-6-5-9-16(10-14)25-15-7-3-4-8-15/h5-6,9-10,13,15,17-20,22-24H,3-4,7-8,11-12H2,1-2H3/t17-,18+,19-,20+/m1/s1. The molecule has 1 heterocycles. The number of rotatable bonds is 6. The molecule has 1 saturated heterocycles. The van der Waals surface area contributed by atoms with E-state index in [4.69, 9.17) is 4.74 Å². The van der Waals surface area contributed by atoms with E-state index in [9.17, 15) is 15.3 Å². The SMILES string of the molecule is CC(C)[C@H]1[C@H](O)[C@H](O)[C@@H](CO)N1Cc1cccc(OC2CCCC2)c1. The van der Waals surface area contributed by atoms with Crippen LogP contribution in [0.25, 0.3) is 0 Å². The van der Waals surface area contributed by atoms with Crippen LogP contribution in [0.1, 0.15) is 45.1 Å². The van der Waals surface area contributed by atoms with Gasteiger partial charge in [-0.2, -0.15) is 0 Å². The molecule has 0 spiro atoms. The molecule has 4 atom stereocenters. The minimum atomic E-state index is -0.921. The maximum atomic E-state index is 10.4. The molecule has 2 fully saturated rings. The molecule has 0 unspecified atom stereocenters. The van der Waals surface area contributed by atoms with Crippen molar-refractivity contribution in [2.75, 3.05) is 6.61 Å². The molecule has 5 nitrogen and oxygen atoms in total. The fraction of sp³-hybridized carbons (Fsp3) is 0.700. The molecule has 0 aromatic heterocycles. The third kappa shape index (κ3) is 4.00. The first-order valence-corrected chi connectivity index (χ1v) is 9.49. The van der Waals surface area contributed by atoms with Gasteiger partial charge >= 0.3 is 0 Å². The quantitative estimate of drug-likeness (QED) is 0.732. The summed E-state index contributed by atoms with van der Waals surface area (Å²) >= 11 is 0. The predicted molar refractivity (Wildman–Crippen MR) is 96.4 cm³/mol. The molecule has 1 aromatic carbocycles. The summed E-state index contributed by atoms with van der Waals surface area (Å²) in [6, 6.07) is 7.43. The lowest BCUT2D eigenvalue weighted by molar-refractivity contribution is 0.0145. The number of aliphatic hydroxyl groups is 3. The van der Waals surface area contributed by atoms with Crippen molar-refractivity contribution in [3.8, 4) is 5.75 Å². The topological polar surface area (TPSA) is 73.2 Å². The zero-order valence-electron chi connectivity index (χ0n) is 15.2. The molecule has 140 valence electrons. The van der Waals surface area contributed by atoms with Crippen LogP contribution in [0.15, 0.2) is 24.3 Å². The van der Waals surface area contributed by atoms with Crippen LogP contribution >= 0.6 is 0 Å². The van der Waals surface area contributed by atoms with Gasteiger partial charge in [-0.1, -0.05) is 26.0 Å². The van der Waals surface area contributed by atoms with Crippen molar-refractivity contribution in [3.05, 3.63) is 29.8 Å². The molecule has 5 heteroatoms. The van der Waals surface area contributed by atoms with Gasteiger partial charge in [-0.05, 0) is 49.3 Å². The molecule has 1 aromatic rings. The van der Waals surface area contributed by atoms with Crippen molar-refractivity contribution < 1.29 is 20.1 Å². The van der Waals surface area contributed by atoms with Crippen LogP contribution < -0.4 is 4.74 Å². The number of likely N-dealkylation sites (tertiary alicyclic amines) is 1. The summed E-state index contributed by atoms with van der Waals surface area (Å²) in [5.41, 5.74) is 1.07. The van der Waals surface area contributed by atoms with Gasteiger partial charge in [0, 0.05) is 12.6 Å². The summed E-state index contributed by atoms with van der Waals surface area (Å²) < 4.78 is 6.08. The van der Waals surface area contributed by atoms with E-state index in [1.54, 1.807) is 0 Å². The normalized spacial score (nSPS) is 31.1. The van der Waals surface area contributed by atoms with Gasteiger partial charge < -0.3 is 20.1 Å². The van der Waals surface area contributed by atoms with E-state index in [0.717, 1.165) is 24.2 Å². The molecule has 3 rings (SSSR count). The summed E-state index contributed by atoms with van der Waals surface area (Å²) in [6.07, 6.45) is 3.28. The molecular weight excluding hydrogens is 318 g/mol. The second kappa shape index (κ2) is 8.04. The first kappa shape index (κ1) is 18.6. The monoisotopic (exact) mass is 349 g/mol. The zero-order valence-corrected chi connectivity index (χ0v) is 15.2. The molecule has 0 amide bonds. The smallest absolute Gasteiger partial charge is 0.120 e. The van der Waals surface area contributed by atoms with E-state index < -0.39 is 18.2 Å². The Balaban J connectivity index is 1.75. The van der Waals surface area contributed by atoms with Crippen molar-refractivity contribution in [1.82, 2.24) is 4.90 Å². The Morgan fingerprint density at radius 1 is 1.16 bits per heavy atom. The predicted octanol–water partition coefficient (Wildman–Crippen LogP) is 1.93. The van der Waals surface area contributed by atoms with Gasteiger partial charge in [0.1, 0.15) is 5.75 Å². The summed E-state index contributed by atoms with van der Waals surface area (Å²) in [5, 5.41) is 30.4. The maximum Gasteiger partial charge on any atom is 0.120 e. The summed E-state index contributed by atoms with van der Waals surface area (Å²) in [7, 11) is 0. The lowest BCUT2D eigenvalue weighted by Gasteiger charge is -2.32. The molecule has 25 heavy (non-hydrogen) atoms. The fourth-order valence-electron chi connectivity index (χ4n) is 4.38. The van der Waals surface area contributed by atoms with Gasteiger partial charge in [0.2, 0.25) is 0 Å². The minimum absolute atomic E-state index is 0.167. The highest BCUT2D eigenvalue weighted by Crippen LogP contribution is 2.32. The molecule has 1 aliphatic heterocycles. The Morgan fingerprint density at radius 2 is 1.88 bits per heavy atom. The maximum absolute atomic E-state index is 10.4. The van der Waals surface area contributed by atoms with Gasteiger partial charge in [-0.25, -0.2) is 0 Å². The van der Waals surface area contributed by atoms with Gasteiger partial charge in [-0.3, -0.25) is 4.90 Å². The average Bonchev–Trinajstić information content (AvgIpc) is 3.15. The average molecular weight is 349 g/mol. The van der Waals surface area contributed by atoms with Gasteiger partial charge in [0.05, 0.1) is 31.0 Å². The summed E-state index contributed by atoms with van der Waals surface area (Å²) in [4.78, 5) is 2.04. The van der Waals surface area contributed by atoms with E-state index in [1.165, 1.54) is 12.8 Å². The Bertz CT molecular complexity index is 558. The Labute approximate surface area is 150 Å². The van der Waals surface area contributed by atoms with Crippen LogP contribution in [-0.4, -0.2) is 57.2 Å². The number of aliphatic hydroxyl groups excluding tert-OH is 3. The lowest BCUT2D eigenvalue weighted by Crippen LogP contribution is -2.43. The van der Waals surface area contributed by atoms with Crippen LogP contribution in [0.4, 0.5) is 0 Å². The van der Waals surface area contributed by atoms with E-state index in [-0.39, 0.29) is 18.6 Å². The molecule has 0 bridgehead atoms. The number of hydrogen-bond donors (Lipinski definition) is 3. The summed E-state index contributed by atoms with van der Waals surface area (Å²) in [6.45, 7) is 4.48. The zero-order chi connectivity index (χ0) is 18.0. The second-order valence-corrected chi connectivity index (χ2v) is 7.81. The van der Waals surface area contributed by atoms with Crippen LogP contribution in [0.5, 0.6) is 5.75 Å². The molecule has 0 radical (unpaired) electrons. The van der Waals surface area contributed by atoms with E-state index in [0.29, 0.717) is 12.6 Å². The van der Waals surface area contributed by atoms with E-state index >= 15 is 0 Å². The first-order valence-electron chi connectivity index (χ1n) is 9.49. The first-order chi connectivity index (χ1) is 12.0. The van der Waals surface area contributed by atoms with Crippen LogP contribution in [-0.2, 0) is 6.54 Å². The van der Waals surface area contributed by atoms with E-state index in [2.05, 4.69) is 0 Å². The Kier molecular flexibility index (Phi) is 6.00. The lowest BCUT2D eigenvalue weighted by atomic mass is 9.98. The van der Waals surface area contributed by atoms with Crippen LogP contribution in [0, 0.1) is 5.92 Å². The van der Waals surface area contributed by atoms with Gasteiger partial charge in [0.25, 0.3) is 0 Å². The van der Waals surface area contributed by atoms with Crippen LogP contribution in [0.2, 0.25) is 0 Å². The third-order valence-corrected chi connectivity index (χ3v) is 5.64. The number of ether oxygens (including phenoxy) is 1. The number of hydrogen-bond acceptors (Lipinski definition) is 5. The highest BCUT2D eigenvalue weighted by molar-refractivity contribution is 5.29. The molecule has 3 N–H and O–H groups in total. The van der Waals surface area contributed by atoms with Crippen molar-refractivity contribution in [2.45, 2.75) is 76.5 Å². The van der Waals surface area contributed by atoms with Crippen molar-refractivity contribution in [2.24, 2.45) is 5.92 Å².